The molecule has 0 aliphatic heterocycles. The van der Waals surface area contributed by atoms with Crippen LogP contribution >= 0.6 is 0 Å². The van der Waals surface area contributed by atoms with Crippen LogP contribution in [0.15, 0.2) is 17.2 Å². The van der Waals surface area contributed by atoms with Crippen molar-refractivity contribution < 1.29 is 9.66 Å². The molecule has 0 fully saturated rings. The van der Waals surface area contributed by atoms with Crippen LogP contribution in [-0.4, -0.2) is 12.0 Å². The zero-order chi connectivity index (χ0) is 11.4. The summed E-state index contributed by atoms with van der Waals surface area (Å²) in [4.78, 5) is 12.7. The molecule has 7 nitrogen and oxygen atoms in total. The second-order valence-electron chi connectivity index (χ2n) is 2.76. The van der Waals surface area contributed by atoms with E-state index in [1.807, 2.05) is 0 Å². The fraction of sp³-hybridized carbons (Fsp3) is 0.250. The Balaban J connectivity index is 3.41. The van der Waals surface area contributed by atoms with Crippen LogP contribution in [0.25, 0.3) is 10.4 Å². The van der Waals surface area contributed by atoms with Crippen LogP contribution < -0.4 is 4.74 Å². The van der Waals surface area contributed by atoms with Crippen molar-refractivity contribution in [2.75, 3.05) is 7.11 Å². The average Bonchev–Trinajstić information content (AvgIpc) is 2.20. The van der Waals surface area contributed by atoms with E-state index in [0.717, 1.165) is 0 Å². The molecule has 0 aliphatic carbocycles. The molecular formula is C8H8N4O3. The predicted molar refractivity (Wildman–Crippen MR) is 53.2 cm³/mol. The first kappa shape index (κ1) is 10.8. The molecule has 0 unspecified atom stereocenters. The lowest BCUT2D eigenvalue weighted by Gasteiger charge is -2.04. The maximum absolute atomic E-state index is 10.6. The molecule has 0 amide bonds. The first-order valence-electron chi connectivity index (χ1n) is 3.98. The number of benzene rings is 1. The molecule has 0 aliphatic rings. The molecule has 0 spiro atoms. The second kappa shape index (κ2) is 4.30. The summed E-state index contributed by atoms with van der Waals surface area (Å²) >= 11 is 0. The Hall–Kier alpha value is -2.27. The van der Waals surface area contributed by atoms with E-state index in [2.05, 4.69) is 10.0 Å². The van der Waals surface area contributed by atoms with Gasteiger partial charge in [-0.25, -0.2) is 0 Å². The van der Waals surface area contributed by atoms with Crippen LogP contribution in [0.1, 0.15) is 5.56 Å². The quantitative estimate of drug-likeness (QED) is 0.251. The van der Waals surface area contributed by atoms with Gasteiger partial charge < -0.3 is 4.74 Å². The first-order chi connectivity index (χ1) is 7.10. The summed E-state index contributed by atoms with van der Waals surface area (Å²) in [6, 6.07) is 2.65. The van der Waals surface area contributed by atoms with E-state index >= 15 is 0 Å². The summed E-state index contributed by atoms with van der Waals surface area (Å²) in [5, 5.41) is 14.0. The fourth-order valence-corrected chi connectivity index (χ4v) is 1.12. The van der Waals surface area contributed by atoms with Gasteiger partial charge in [0.25, 0.3) is 0 Å². The molecule has 0 atom stereocenters. The van der Waals surface area contributed by atoms with Gasteiger partial charge in [0.15, 0.2) is 5.75 Å². The third kappa shape index (κ3) is 2.15. The number of nitrogens with zero attached hydrogens (tertiary/aromatic N) is 4. The molecule has 7 heteroatoms. The molecule has 15 heavy (non-hydrogen) atoms. The van der Waals surface area contributed by atoms with Crippen molar-refractivity contribution in [3.05, 3.63) is 38.3 Å². The van der Waals surface area contributed by atoms with Gasteiger partial charge in [-0.05, 0) is 24.1 Å². The minimum Gasteiger partial charge on any atom is -0.490 e. The van der Waals surface area contributed by atoms with E-state index in [-0.39, 0.29) is 11.4 Å². The lowest BCUT2D eigenvalue weighted by molar-refractivity contribution is -0.385. The Morgan fingerprint density at radius 1 is 1.60 bits per heavy atom. The monoisotopic (exact) mass is 208 g/mol. The molecule has 0 N–H and O–H groups in total. The van der Waals surface area contributed by atoms with Crippen LogP contribution in [0.3, 0.4) is 0 Å². The van der Waals surface area contributed by atoms with Gasteiger partial charge in [-0.1, -0.05) is 5.11 Å². The van der Waals surface area contributed by atoms with E-state index in [0.29, 0.717) is 11.3 Å². The topological polar surface area (TPSA) is 101 Å². The van der Waals surface area contributed by atoms with E-state index in [4.69, 9.17) is 10.3 Å². The number of nitro groups is 1. The molecule has 78 valence electrons. The molecule has 0 aromatic heterocycles. The van der Waals surface area contributed by atoms with Crippen molar-refractivity contribution in [1.82, 2.24) is 0 Å². The third-order valence-electron chi connectivity index (χ3n) is 1.85. The normalized spacial score (nSPS) is 9.20. The van der Waals surface area contributed by atoms with Crippen LogP contribution in [-0.2, 0) is 0 Å². The van der Waals surface area contributed by atoms with Gasteiger partial charge in [0, 0.05) is 16.7 Å². The summed E-state index contributed by atoms with van der Waals surface area (Å²) < 4.78 is 4.82. The second-order valence-corrected chi connectivity index (χ2v) is 2.76. The highest BCUT2D eigenvalue weighted by atomic mass is 16.6. The Kier molecular flexibility index (Phi) is 3.10. The third-order valence-corrected chi connectivity index (χ3v) is 1.85. The molecular weight excluding hydrogens is 200 g/mol. The minimum absolute atomic E-state index is 0.0769. The molecule has 1 aromatic carbocycles. The molecule has 1 aromatic rings. The molecule has 0 bridgehead atoms. The zero-order valence-corrected chi connectivity index (χ0v) is 8.17. The Morgan fingerprint density at radius 2 is 2.27 bits per heavy atom. The van der Waals surface area contributed by atoms with Gasteiger partial charge in [0.2, 0.25) is 0 Å². The molecule has 1 rings (SSSR count). The van der Waals surface area contributed by atoms with Gasteiger partial charge in [-0.15, -0.1) is 0 Å². The van der Waals surface area contributed by atoms with Crippen LogP contribution in [0.5, 0.6) is 5.75 Å². The lowest BCUT2D eigenvalue weighted by Crippen LogP contribution is -1.94. The summed E-state index contributed by atoms with van der Waals surface area (Å²) in [5.74, 6) is 0.0769. The zero-order valence-electron chi connectivity index (χ0n) is 8.17. The van der Waals surface area contributed by atoms with E-state index in [1.54, 1.807) is 6.92 Å². The number of hydrogen-bond acceptors (Lipinski definition) is 4. The summed E-state index contributed by atoms with van der Waals surface area (Å²) in [7, 11) is 1.32. The van der Waals surface area contributed by atoms with Gasteiger partial charge in [-0.2, -0.15) is 0 Å². The molecule has 0 saturated heterocycles. The van der Waals surface area contributed by atoms with Crippen LogP contribution in [0.2, 0.25) is 0 Å². The standard InChI is InChI=1S/C8H8N4O3/c1-5-3-7(12(13)14)8(15-2)4-6(5)10-11-9/h3-4H,1-2H3. The number of nitro benzene ring substituents is 1. The summed E-state index contributed by atoms with van der Waals surface area (Å²) in [6.07, 6.45) is 0. The van der Waals surface area contributed by atoms with Crippen molar-refractivity contribution >= 4 is 11.4 Å². The van der Waals surface area contributed by atoms with Gasteiger partial charge in [0.05, 0.1) is 12.0 Å². The number of ether oxygens (including phenoxy) is 1. The average molecular weight is 208 g/mol. The number of hydrogen-bond donors (Lipinski definition) is 0. The van der Waals surface area contributed by atoms with Crippen molar-refractivity contribution in [1.29, 1.82) is 0 Å². The highest BCUT2D eigenvalue weighted by Crippen LogP contribution is 2.34. The van der Waals surface area contributed by atoms with Gasteiger partial charge >= 0.3 is 5.69 Å². The highest BCUT2D eigenvalue weighted by molar-refractivity contribution is 5.60. The summed E-state index contributed by atoms with van der Waals surface area (Å²) in [6.45, 7) is 1.62. The molecule has 0 heterocycles. The Bertz CT molecular complexity index is 451. The van der Waals surface area contributed by atoms with Crippen molar-refractivity contribution in [2.24, 2.45) is 5.11 Å². The molecule has 0 radical (unpaired) electrons. The Labute approximate surface area is 85.1 Å². The van der Waals surface area contributed by atoms with E-state index < -0.39 is 4.92 Å². The predicted octanol–water partition coefficient (Wildman–Crippen LogP) is 2.85. The smallest absolute Gasteiger partial charge is 0.311 e. The number of azide groups is 1. The number of aryl methyl sites for hydroxylation is 1. The van der Waals surface area contributed by atoms with Crippen molar-refractivity contribution in [2.45, 2.75) is 6.92 Å². The van der Waals surface area contributed by atoms with Crippen LogP contribution in [0, 0.1) is 17.0 Å². The van der Waals surface area contributed by atoms with Crippen molar-refractivity contribution in [3.8, 4) is 5.75 Å². The number of methoxy groups -OCH3 is 1. The highest BCUT2D eigenvalue weighted by Gasteiger charge is 2.16. The maximum atomic E-state index is 10.6. The lowest BCUT2D eigenvalue weighted by atomic mass is 10.1. The Morgan fingerprint density at radius 3 is 2.73 bits per heavy atom. The van der Waals surface area contributed by atoms with Gasteiger partial charge in [0.1, 0.15) is 0 Å². The SMILES string of the molecule is COc1cc(N=[N+]=[N-])c(C)cc1[N+](=O)[O-]. The fourth-order valence-electron chi connectivity index (χ4n) is 1.12. The molecule has 0 saturated carbocycles. The van der Waals surface area contributed by atoms with Crippen molar-refractivity contribution in [3.63, 3.8) is 0 Å². The van der Waals surface area contributed by atoms with Gasteiger partial charge in [-0.3, -0.25) is 10.1 Å². The maximum Gasteiger partial charge on any atom is 0.311 e. The largest absolute Gasteiger partial charge is 0.490 e. The summed E-state index contributed by atoms with van der Waals surface area (Å²) in [5.41, 5.74) is 8.97. The number of rotatable bonds is 3. The minimum atomic E-state index is -0.550. The van der Waals surface area contributed by atoms with E-state index in [9.17, 15) is 10.1 Å². The van der Waals surface area contributed by atoms with E-state index in [1.165, 1.54) is 19.2 Å². The first-order valence-corrected chi connectivity index (χ1v) is 3.98. The van der Waals surface area contributed by atoms with Crippen LogP contribution in [0.4, 0.5) is 11.4 Å².